The van der Waals surface area contributed by atoms with Gasteiger partial charge in [-0.05, 0) is 83.9 Å². The highest BCUT2D eigenvalue weighted by Gasteiger charge is 2.41. The summed E-state index contributed by atoms with van der Waals surface area (Å²) in [4.78, 5) is 48.7. The van der Waals surface area contributed by atoms with Crippen LogP contribution in [-0.4, -0.2) is 48.7 Å². The molecule has 2 aliphatic rings. The molecule has 230 valence electrons. The molecule has 0 radical (unpaired) electrons. The lowest BCUT2D eigenvalue weighted by molar-refractivity contribution is 0.0927. The van der Waals surface area contributed by atoms with E-state index in [1.807, 2.05) is 36.4 Å². The van der Waals surface area contributed by atoms with Gasteiger partial charge < -0.3 is 4.90 Å². The first-order valence-corrected chi connectivity index (χ1v) is 16.7. The van der Waals surface area contributed by atoms with Crippen LogP contribution in [-0.2, 0) is 6.54 Å². The van der Waals surface area contributed by atoms with Crippen molar-refractivity contribution in [2.45, 2.75) is 6.54 Å². The molecule has 7 rings (SSSR count). The minimum Gasteiger partial charge on any atom is -0.369 e. The number of rotatable bonds is 7. The fraction of sp³-hybridized carbons (Fsp3) is 0.139. The van der Waals surface area contributed by atoms with E-state index in [0.29, 0.717) is 48.9 Å². The molecule has 10 heteroatoms. The third-order valence-electron chi connectivity index (χ3n) is 8.37. The molecular weight excluding hydrogens is 661 g/mol. The lowest BCUT2D eigenvalue weighted by Crippen LogP contribution is -2.46. The Morgan fingerprint density at radius 3 is 1.76 bits per heavy atom. The summed E-state index contributed by atoms with van der Waals surface area (Å²) in [6, 6.07) is 28.7. The lowest BCUT2D eigenvalue weighted by Gasteiger charge is -2.36. The Hall–Kier alpha value is -3.98. The van der Waals surface area contributed by atoms with Crippen LogP contribution in [0, 0.1) is 0 Å². The van der Waals surface area contributed by atoms with Gasteiger partial charge in [-0.2, -0.15) is 0 Å². The Bertz CT molecular complexity index is 1930. The van der Waals surface area contributed by atoms with Crippen molar-refractivity contribution in [1.29, 1.82) is 0 Å². The summed E-state index contributed by atoms with van der Waals surface area (Å²) in [5.74, 6) is -1.18. The van der Waals surface area contributed by atoms with E-state index in [-0.39, 0.29) is 5.78 Å². The van der Waals surface area contributed by atoms with E-state index < -0.39 is 11.8 Å². The van der Waals surface area contributed by atoms with Crippen LogP contribution in [0.4, 0.5) is 10.7 Å². The molecule has 3 heterocycles. The van der Waals surface area contributed by atoms with Gasteiger partial charge in [0.15, 0.2) is 5.78 Å². The number of thiophene rings is 1. The first-order chi connectivity index (χ1) is 22.3. The standard InChI is InChI=1S/C36H26Cl3N3O3S/c37-24-9-5-22(6-10-24)32(43)31-30(21-40-17-19-41(20-18-40)27-15-13-26(39)14-16-27)33(23-7-11-25(38)12-8-23)46-36(31)42-34(44)28-3-1-2-4-29(28)35(42)45/h1-16H,17-21H2. The second-order valence-corrected chi connectivity index (χ2v) is 13.5. The fourth-order valence-electron chi connectivity index (χ4n) is 5.99. The quantitative estimate of drug-likeness (QED) is 0.127. The van der Waals surface area contributed by atoms with Crippen molar-refractivity contribution < 1.29 is 14.4 Å². The zero-order valence-corrected chi connectivity index (χ0v) is 27.5. The van der Waals surface area contributed by atoms with E-state index in [9.17, 15) is 14.4 Å². The molecule has 6 nitrogen and oxygen atoms in total. The minimum atomic E-state index is -0.446. The average molecular weight is 687 g/mol. The Morgan fingerprint density at radius 1 is 0.674 bits per heavy atom. The summed E-state index contributed by atoms with van der Waals surface area (Å²) in [6.07, 6.45) is 0. The number of imide groups is 1. The molecule has 0 spiro atoms. The van der Waals surface area contributed by atoms with E-state index in [1.54, 1.807) is 60.7 Å². The van der Waals surface area contributed by atoms with E-state index in [2.05, 4.69) is 9.80 Å². The molecule has 2 aliphatic heterocycles. The normalized spacial score (nSPS) is 15.0. The molecule has 1 fully saturated rings. The number of hydrogen-bond acceptors (Lipinski definition) is 6. The molecule has 46 heavy (non-hydrogen) atoms. The monoisotopic (exact) mass is 685 g/mol. The molecule has 0 saturated carbocycles. The van der Waals surface area contributed by atoms with E-state index in [4.69, 9.17) is 34.8 Å². The van der Waals surface area contributed by atoms with Gasteiger partial charge in [0.2, 0.25) is 0 Å². The highest BCUT2D eigenvalue weighted by atomic mass is 35.5. The predicted molar refractivity (Wildman–Crippen MR) is 186 cm³/mol. The number of anilines is 2. The lowest BCUT2D eigenvalue weighted by atomic mass is 9.97. The number of fused-ring (bicyclic) bond motifs is 1. The van der Waals surface area contributed by atoms with Gasteiger partial charge in [0.05, 0.1) is 16.7 Å². The number of ketones is 1. The average Bonchev–Trinajstić information content (AvgIpc) is 3.55. The smallest absolute Gasteiger partial charge is 0.266 e. The molecule has 0 N–H and O–H groups in total. The van der Waals surface area contributed by atoms with Crippen LogP contribution in [0.25, 0.3) is 10.4 Å². The largest absolute Gasteiger partial charge is 0.369 e. The summed E-state index contributed by atoms with van der Waals surface area (Å²) in [5, 5.41) is 2.09. The van der Waals surface area contributed by atoms with Crippen LogP contribution in [0.5, 0.6) is 0 Å². The topological polar surface area (TPSA) is 60.9 Å². The highest BCUT2D eigenvalue weighted by molar-refractivity contribution is 7.20. The van der Waals surface area contributed by atoms with Gasteiger partial charge in [-0.15, -0.1) is 11.3 Å². The molecular formula is C36H26Cl3N3O3S. The van der Waals surface area contributed by atoms with Crippen molar-refractivity contribution in [3.63, 3.8) is 0 Å². The number of nitrogens with zero attached hydrogens (tertiary/aromatic N) is 3. The predicted octanol–water partition coefficient (Wildman–Crippen LogP) is 8.73. The number of halogens is 3. The van der Waals surface area contributed by atoms with Crippen molar-refractivity contribution in [1.82, 2.24) is 4.90 Å². The summed E-state index contributed by atoms with van der Waals surface area (Å²) < 4.78 is 0. The Morgan fingerprint density at radius 2 is 1.20 bits per heavy atom. The molecule has 1 saturated heterocycles. The Labute approximate surface area is 285 Å². The number of carbonyl (C=O) groups excluding carboxylic acids is 3. The maximum atomic E-state index is 14.5. The molecule has 4 aromatic carbocycles. The first-order valence-electron chi connectivity index (χ1n) is 14.7. The van der Waals surface area contributed by atoms with Crippen LogP contribution in [0.15, 0.2) is 97.1 Å². The number of amides is 2. The SMILES string of the molecule is O=C(c1ccc(Cl)cc1)c1c(N2C(=O)c3ccccc3C2=O)sc(-c2ccc(Cl)cc2)c1CN1CCN(c2ccc(Cl)cc2)CC1. The summed E-state index contributed by atoms with van der Waals surface area (Å²) in [5.41, 5.74) is 4.10. The number of hydrogen-bond donors (Lipinski definition) is 0. The van der Waals surface area contributed by atoms with Gasteiger partial charge in [0.25, 0.3) is 11.8 Å². The summed E-state index contributed by atoms with van der Waals surface area (Å²) in [6.45, 7) is 3.51. The Kier molecular flexibility index (Phi) is 8.44. The molecule has 0 unspecified atom stereocenters. The van der Waals surface area contributed by atoms with Crippen molar-refractivity contribution in [3.05, 3.63) is 140 Å². The van der Waals surface area contributed by atoms with Crippen molar-refractivity contribution in [3.8, 4) is 10.4 Å². The minimum absolute atomic E-state index is 0.283. The van der Waals surface area contributed by atoms with Gasteiger partial charge in [-0.1, -0.05) is 59.1 Å². The van der Waals surface area contributed by atoms with Crippen LogP contribution < -0.4 is 9.80 Å². The van der Waals surface area contributed by atoms with E-state index in [1.165, 1.54) is 16.2 Å². The number of carbonyl (C=O) groups is 3. The van der Waals surface area contributed by atoms with Crippen LogP contribution in [0.3, 0.4) is 0 Å². The summed E-state index contributed by atoms with van der Waals surface area (Å²) in [7, 11) is 0. The third kappa shape index (κ3) is 5.74. The van der Waals surface area contributed by atoms with E-state index in [0.717, 1.165) is 47.9 Å². The van der Waals surface area contributed by atoms with Crippen molar-refractivity contribution >= 4 is 74.4 Å². The van der Waals surface area contributed by atoms with Crippen LogP contribution in [0.1, 0.15) is 42.2 Å². The highest BCUT2D eigenvalue weighted by Crippen LogP contribution is 2.46. The summed E-state index contributed by atoms with van der Waals surface area (Å²) >= 11 is 19.8. The van der Waals surface area contributed by atoms with Crippen LogP contribution in [0.2, 0.25) is 15.1 Å². The molecule has 2 amide bonds. The second kappa shape index (κ2) is 12.7. The van der Waals surface area contributed by atoms with Gasteiger partial charge in [0, 0.05) is 63.9 Å². The maximum Gasteiger partial charge on any atom is 0.266 e. The van der Waals surface area contributed by atoms with E-state index >= 15 is 0 Å². The van der Waals surface area contributed by atoms with Gasteiger partial charge in [-0.3, -0.25) is 19.3 Å². The third-order valence-corrected chi connectivity index (χ3v) is 10.4. The first kappa shape index (κ1) is 30.7. The number of benzene rings is 4. The zero-order chi connectivity index (χ0) is 31.9. The molecule has 0 bridgehead atoms. The van der Waals surface area contributed by atoms with Gasteiger partial charge in [-0.25, -0.2) is 4.90 Å². The molecule has 5 aromatic rings. The van der Waals surface area contributed by atoms with Gasteiger partial charge >= 0.3 is 0 Å². The number of piperazine rings is 1. The molecule has 1 aromatic heterocycles. The molecule has 0 atom stereocenters. The zero-order valence-electron chi connectivity index (χ0n) is 24.4. The fourth-order valence-corrected chi connectivity index (χ4v) is 7.68. The van der Waals surface area contributed by atoms with Crippen molar-refractivity contribution in [2.24, 2.45) is 0 Å². The molecule has 0 aliphatic carbocycles. The van der Waals surface area contributed by atoms with Crippen molar-refractivity contribution in [2.75, 3.05) is 36.0 Å². The van der Waals surface area contributed by atoms with Gasteiger partial charge in [0.1, 0.15) is 5.00 Å². The Balaban J connectivity index is 1.33. The maximum absolute atomic E-state index is 14.5. The van der Waals surface area contributed by atoms with Crippen LogP contribution >= 0.6 is 46.1 Å². The second-order valence-electron chi connectivity index (χ2n) is 11.2.